The first kappa shape index (κ1) is 21.9. The molecule has 2 aromatic carbocycles. The van der Waals surface area contributed by atoms with Gasteiger partial charge in [-0.15, -0.1) is 0 Å². The summed E-state index contributed by atoms with van der Waals surface area (Å²) < 4.78 is 16.0. The summed E-state index contributed by atoms with van der Waals surface area (Å²) in [5.41, 5.74) is 0.526. The number of hydrogen-bond donors (Lipinski definition) is 1. The van der Waals surface area contributed by atoms with Crippen LogP contribution in [0.25, 0.3) is 0 Å². The van der Waals surface area contributed by atoms with Gasteiger partial charge >= 0.3 is 5.97 Å². The van der Waals surface area contributed by atoms with E-state index >= 15 is 0 Å². The van der Waals surface area contributed by atoms with Gasteiger partial charge in [-0.3, -0.25) is 24.1 Å². The summed E-state index contributed by atoms with van der Waals surface area (Å²) in [6.07, 6.45) is 0.750. The van der Waals surface area contributed by atoms with Crippen LogP contribution in [0, 0.1) is 0 Å². The van der Waals surface area contributed by atoms with Crippen LogP contribution >= 0.6 is 23.2 Å². The highest BCUT2D eigenvalue weighted by molar-refractivity contribution is 6.43. The Balaban J connectivity index is 1.31. The van der Waals surface area contributed by atoms with Gasteiger partial charge in [-0.1, -0.05) is 23.2 Å². The number of halogens is 2. The summed E-state index contributed by atoms with van der Waals surface area (Å²) in [6, 6.07) is 7.45. The number of nitrogens with one attached hydrogen (secondary N) is 1. The second kappa shape index (κ2) is 9.05. The lowest BCUT2D eigenvalue weighted by Gasteiger charge is -2.13. The molecule has 166 valence electrons. The number of hydrogen-bond acceptors (Lipinski definition) is 7. The van der Waals surface area contributed by atoms with Crippen molar-refractivity contribution < 1.29 is 33.4 Å². The number of carbonyl (C=O) groups is 4. The maximum atomic E-state index is 12.4. The maximum absolute atomic E-state index is 12.4. The van der Waals surface area contributed by atoms with Crippen molar-refractivity contribution in [3.05, 3.63) is 51.5 Å². The van der Waals surface area contributed by atoms with Gasteiger partial charge in [0.15, 0.2) is 18.1 Å². The van der Waals surface area contributed by atoms with Gasteiger partial charge in [-0.2, -0.15) is 0 Å². The van der Waals surface area contributed by atoms with E-state index in [2.05, 4.69) is 5.32 Å². The average molecular weight is 479 g/mol. The van der Waals surface area contributed by atoms with Crippen molar-refractivity contribution >= 4 is 52.6 Å². The van der Waals surface area contributed by atoms with Gasteiger partial charge < -0.3 is 19.5 Å². The molecular formula is C21H16Cl2N2O7. The lowest BCUT2D eigenvalue weighted by atomic mass is 10.1. The van der Waals surface area contributed by atoms with Crippen molar-refractivity contribution in [1.82, 2.24) is 4.90 Å². The first-order valence-corrected chi connectivity index (χ1v) is 10.3. The fourth-order valence-electron chi connectivity index (χ4n) is 3.19. The molecule has 0 fully saturated rings. The topological polar surface area (TPSA) is 111 Å². The quantitative estimate of drug-likeness (QED) is 0.519. The third-order valence-electron chi connectivity index (χ3n) is 4.69. The van der Waals surface area contributed by atoms with E-state index < -0.39 is 36.8 Å². The molecule has 2 aromatic rings. The zero-order valence-electron chi connectivity index (χ0n) is 16.5. The van der Waals surface area contributed by atoms with Crippen molar-refractivity contribution in [1.29, 1.82) is 0 Å². The first-order chi connectivity index (χ1) is 15.3. The molecule has 32 heavy (non-hydrogen) atoms. The molecule has 3 amide bonds. The van der Waals surface area contributed by atoms with Gasteiger partial charge in [0.05, 0.1) is 34.4 Å². The fraction of sp³-hybridized carbons (Fsp3) is 0.238. The largest absolute Gasteiger partial charge is 0.490 e. The number of rotatable bonds is 5. The number of anilines is 1. The molecule has 0 atom stereocenters. The Hall–Kier alpha value is -3.30. The predicted molar refractivity (Wildman–Crippen MR) is 113 cm³/mol. The molecule has 0 bridgehead atoms. The smallest absolute Gasteiger partial charge is 0.326 e. The predicted octanol–water partition coefficient (Wildman–Crippen LogP) is 2.93. The highest BCUT2D eigenvalue weighted by Gasteiger charge is 2.37. The van der Waals surface area contributed by atoms with Crippen LogP contribution in [0.15, 0.2) is 30.3 Å². The number of carbonyl (C=O) groups excluding carboxylic acids is 4. The van der Waals surface area contributed by atoms with Gasteiger partial charge in [0.25, 0.3) is 17.7 Å². The minimum absolute atomic E-state index is 0.0457. The van der Waals surface area contributed by atoms with E-state index in [1.165, 1.54) is 12.1 Å². The number of imide groups is 1. The minimum Gasteiger partial charge on any atom is -0.490 e. The number of fused-ring (bicyclic) bond motifs is 2. The standard InChI is InChI=1S/C21H16Cl2N2O7/c22-14-7-12-13(8-15(14)23)21(29)25(20(12)28)9-19(27)32-10-18(26)24-11-2-3-16-17(6-11)31-5-1-4-30-16/h2-3,6-8H,1,4-5,9-10H2,(H,24,26). The number of esters is 1. The van der Waals surface area contributed by atoms with Crippen molar-refractivity contribution in [2.45, 2.75) is 6.42 Å². The van der Waals surface area contributed by atoms with E-state index in [0.29, 0.717) is 35.3 Å². The maximum Gasteiger partial charge on any atom is 0.326 e. The Morgan fingerprint density at radius 1 is 0.969 bits per heavy atom. The normalized spacial score (nSPS) is 14.6. The van der Waals surface area contributed by atoms with Crippen molar-refractivity contribution in [2.24, 2.45) is 0 Å². The second-order valence-corrected chi connectivity index (χ2v) is 7.74. The van der Waals surface area contributed by atoms with Crippen LogP contribution in [0.3, 0.4) is 0 Å². The number of amides is 3. The Bertz CT molecular complexity index is 1090. The molecule has 9 nitrogen and oxygen atoms in total. The molecule has 2 heterocycles. The third kappa shape index (κ3) is 4.49. The van der Waals surface area contributed by atoms with Crippen LogP contribution in [0.1, 0.15) is 27.1 Å². The van der Waals surface area contributed by atoms with Gasteiger partial charge in [0.2, 0.25) is 0 Å². The Morgan fingerprint density at radius 2 is 1.59 bits per heavy atom. The van der Waals surface area contributed by atoms with Crippen LogP contribution < -0.4 is 14.8 Å². The fourth-order valence-corrected chi connectivity index (χ4v) is 3.51. The highest BCUT2D eigenvalue weighted by atomic mass is 35.5. The molecule has 0 radical (unpaired) electrons. The SMILES string of the molecule is O=C(COC(=O)CN1C(=O)c2cc(Cl)c(Cl)cc2C1=O)Nc1ccc2c(c1)OCCCO2. The van der Waals surface area contributed by atoms with Gasteiger partial charge in [0.1, 0.15) is 6.54 Å². The molecule has 0 saturated heterocycles. The van der Waals surface area contributed by atoms with E-state index in [4.69, 9.17) is 37.4 Å². The summed E-state index contributed by atoms with van der Waals surface area (Å²) in [5.74, 6) is -1.84. The molecule has 0 spiro atoms. The van der Waals surface area contributed by atoms with Crippen molar-refractivity contribution in [3.63, 3.8) is 0 Å². The van der Waals surface area contributed by atoms with E-state index in [1.807, 2.05) is 0 Å². The van der Waals surface area contributed by atoms with Crippen molar-refractivity contribution in [3.8, 4) is 11.5 Å². The van der Waals surface area contributed by atoms with E-state index in [1.54, 1.807) is 18.2 Å². The van der Waals surface area contributed by atoms with Crippen LogP contribution in [0.5, 0.6) is 11.5 Å². The molecule has 4 rings (SSSR count). The van der Waals surface area contributed by atoms with Gasteiger partial charge in [0, 0.05) is 18.2 Å². The Labute approximate surface area is 192 Å². The number of nitrogens with zero attached hydrogens (tertiary/aromatic N) is 1. The lowest BCUT2D eigenvalue weighted by Crippen LogP contribution is -2.36. The van der Waals surface area contributed by atoms with Crippen LogP contribution in [-0.4, -0.2) is 55.0 Å². The average Bonchev–Trinajstić information content (AvgIpc) is 2.93. The molecule has 0 aliphatic carbocycles. The monoisotopic (exact) mass is 478 g/mol. The molecule has 0 aromatic heterocycles. The van der Waals surface area contributed by atoms with Gasteiger partial charge in [-0.25, -0.2) is 0 Å². The third-order valence-corrected chi connectivity index (χ3v) is 5.42. The molecule has 11 heteroatoms. The highest BCUT2D eigenvalue weighted by Crippen LogP contribution is 2.33. The van der Waals surface area contributed by atoms with Crippen LogP contribution in [0.2, 0.25) is 10.0 Å². The first-order valence-electron chi connectivity index (χ1n) is 9.54. The number of benzene rings is 2. The minimum atomic E-state index is -0.925. The number of ether oxygens (including phenoxy) is 3. The summed E-state index contributed by atoms with van der Waals surface area (Å²) in [6.45, 7) is -0.215. The molecule has 0 saturated carbocycles. The van der Waals surface area contributed by atoms with Crippen LogP contribution in [-0.2, 0) is 14.3 Å². The lowest BCUT2D eigenvalue weighted by molar-refractivity contribution is -0.147. The van der Waals surface area contributed by atoms with E-state index in [0.717, 1.165) is 6.42 Å². The van der Waals surface area contributed by atoms with Gasteiger partial charge in [-0.05, 0) is 24.3 Å². The summed E-state index contributed by atoms with van der Waals surface area (Å²) in [4.78, 5) is 49.8. The van der Waals surface area contributed by atoms with Crippen LogP contribution in [0.4, 0.5) is 5.69 Å². The molecular weight excluding hydrogens is 463 g/mol. The molecule has 1 N–H and O–H groups in total. The molecule has 0 unspecified atom stereocenters. The van der Waals surface area contributed by atoms with Crippen molar-refractivity contribution in [2.75, 3.05) is 31.7 Å². The zero-order valence-corrected chi connectivity index (χ0v) is 18.0. The zero-order chi connectivity index (χ0) is 22.8. The Morgan fingerprint density at radius 3 is 2.25 bits per heavy atom. The Kier molecular flexibility index (Phi) is 6.20. The molecule has 2 aliphatic rings. The second-order valence-electron chi connectivity index (χ2n) is 6.93. The summed E-state index contributed by atoms with van der Waals surface area (Å²) in [7, 11) is 0. The van der Waals surface area contributed by atoms with E-state index in [-0.39, 0.29) is 21.2 Å². The van der Waals surface area contributed by atoms with E-state index in [9.17, 15) is 19.2 Å². The summed E-state index contributed by atoms with van der Waals surface area (Å²) in [5, 5.41) is 2.80. The summed E-state index contributed by atoms with van der Waals surface area (Å²) >= 11 is 11.8. The molecule has 2 aliphatic heterocycles.